The van der Waals surface area contributed by atoms with Gasteiger partial charge in [0.1, 0.15) is 0 Å². The lowest BCUT2D eigenvalue weighted by Crippen LogP contribution is -2.43. The van der Waals surface area contributed by atoms with Crippen molar-refractivity contribution in [3.63, 3.8) is 0 Å². The number of carbonyl (C=O) groups excluding carboxylic acids is 1. The average molecular weight is 459 g/mol. The highest BCUT2D eigenvalue weighted by Crippen LogP contribution is 2.46. The van der Waals surface area contributed by atoms with Crippen molar-refractivity contribution in [3.8, 4) is 0 Å². The van der Waals surface area contributed by atoms with Crippen LogP contribution in [-0.2, 0) is 16.8 Å². The SMILES string of the molecule is CN(CCSCC(=O)C1(c2ccc(Cl)c(Cl)c2)CCC1)Cc1ccccc1.Cl. The second kappa shape index (κ2) is 10.9. The number of carbonyl (C=O) groups is 1. The Morgan fingerprint density at radius 1 is 1.11 bits per heavy atom. The lowest BCUT2D eigenvalue weighted by Gasteiger charge is -2.41. The third-order valence-corrected chi connectivity index (χ3v) is 7.04. The minimum atomic E-state index is -0.350. The molecule has 1 aliphatic carbocycles. The molecule has 0 N–H and O–H groups in total. The highest BCUT2D eigenvalue weighted by atomic mass is 35.5. The number of ketones is 1. The molecule has 1 aliphatic rings. The molecule has 0 bridgehead atoms. The molecule has 0 unspecified atom stereocenters. The fourth-order valence-corrected chi connectivity index (χ4v) is 4.90. The second-order valence-electron chi connectivity index (χ2n) is 7.26. The van der Waals surface area contributed by atoms with Crippen LogP contribution in [0.3, 0.4) is 0 Å². The maximum absolute atomic E-state index is 13.0. The summed E-state index contributed by atoms with van der Waals surface area (Å²) in [5.74, 6) is 1.83. The molecule has 2 nitrogen and oxygen atoms in total. The van der Waals surface area contributed by atoms with Gasteiger partial charge in [0.25, 0.3) is 0 Å². The number of benzene rings is 2. The first-order valence-electron chi connectivity index (χ1n) is 9.30. The first-order valence-corrected chi connectivity index (χ1v) is 11.2. The zero-order chi connectivity index (χ0) is 19.3. The summed E-state index contributed by atoms with van der Waals surface area (Å²) in [6.07, 6.45) is 2.92. The van der Waals surface area contributed by atoms with Crippen LogP contribution in [0.15, 0.2) is 48.5 Å². The molecule has 3 rings (SSSR count). The molecule has 1 fully saturated rings. The third-order valence-electron chi connectivity index (χ3n) is 5.36. The van der Waals surface area contributed by atoms with Gasteiger partial charge in [0.2, 0.25) is 0 Å². The maximum Gasteiger partial charge on any atom is 0.153 e. The molecule has 152 valence electrons. The van der Waals surface area contributed by atoms with Crippen molar-refractivity contribution >= 4 is 53.2 Å². The number of Topliss-reactive ketones (excluding diaryl/α,β-unsaturated/α-hetero) is 1. The van der Waals surface area contributed by atoms with Crippen LogP contribution in [0.1, 0.15) is 30.4 Å². The maximum atomic E-state index is 13.0. The number of halogens is 3. The van der Waals surface area contributed by atoms with Gasteiger partial charge in [-0.25, -0.2) is 0 Å². The average Bonchev–Trinajstić information content (AvgIpc) is 2.61. The lowest BCUT2D eigenvalue weighted by molar-refractivity contribution is -0.125. The van der Waals surface area contributed by atoms with Crippen molar-refractivity contribution < 1.29 is 4.79 Å². The Bertz CT molecular complexity index is 781. The van der Waals surface area contributed by atoms with E-state index in [1.807, 2.05) is 18.2 Å². The molecular weight excluding hydrogens is 433 g/mol. The normalized spacial score (nSPS) is 15.0. The molecule has 28 heavy (non-hydrogen) atoms. The summed E-state index contributed by atoms with van der Waals surface area (Å²) in [7, 11) is 2.12. The van der Waals surface area contributed by atoms with Crippen LogP contribution < -0.4 is 0 Å². The molecule has 0 saturated heterocycles. The van der Waals surface area contributed by atoms with Crippen molar-refractivity contribution in [3.05, 3.63) is 69.7 Å². The van der Waals surface area contributed by atoms with Gasteiger partial charge in [-0.2, -0.15) is 11.8 Å². The summed E-state index contributed by atoms with van der Waals surface area (Å²) < 4.78 is 0. The molecule has 1 saturated carbocycles. The Labute approximate surface area is 188 Å². The zero-order valence-corrected chi connectivity index (χ0v) is 19.1. The third kappa shape index (κ3) is 5.67. The van der Waals surface area contributed by atoms with Crippen molar-refractivity contribution in [2.45, 2.75) is 31.2 Å². The van der Waals surface area contributed by atoms with Gasteiger partial charge in [0.15, 0.2) is 5.78 Å². The zero-order valence-electron chi connectivity index (χ0n) is 16.0. The molecule has 0 amide bonds. The van der Waals surface area contributed by atoms with E-state index in [1.54, 1.807) is 17.8 Å². The van der Waals surface area contributed by atoms with Crippen LogP contribution in [0.5, 0.6) is 0 Å². The standard InChI is InChI=1S/C22H25Cl2NOS.ClH/c1-25(15-17-6-3-2-4-7-17)12-13-27-16-21(26)22(10-5-11-22)18-8-9-19(23)20(24)14-18;/h2-4,6-9,14H,5,10-13,15-16H2,1H3;1H. The largest absolute Gasteiger partial charge is 0.301 e. The number of hydrogen-bond donors (Lipinski definition) is 0. The molecule has 0 heterocycles. The summed E-state index contributed by atoms with van der Waals surface area (Å²) >= 11 is 13.9. The van der Waals surface area contributed by atoms with E-state index in [2.05, 4.69) is 36.2 Å². The van der Waals surface area contributed by atoms with E-state index in [-0.39, 0.29) is 17.8 Å². The second-order valence-corrected chi connectivity index (χ2v) is 9.18. The van der Waals surface area contributed by atoms with E-state index in [4.69, 9.17) is 23.2 Å². The summed E-state index contributed by atoms with van der Waals surface area (Å²) in [6.45, 7) is 1.90. The van der Waals surface area contributed by atoms with E-state index < -0.39 is 0 Å². The van der Waals surface area contributed by atoms with Crippen LogP contribution >= 0.6 is 47.4 Å². The highest BCUT2D eigenvalue weighted by Gasteiger charge is 2.44. The summed E-state index contributed by atoms with van der Waals surface area (Å²) in [5, 5.41) is 1.07. The summed E-state index contributed by atoms with van der Waals surface area (Å²) in [6, 6.07) is 16.1. The molecule has 2 aromatic rings. The quantitative estimate of drug-likeness (QED) is 0.413. The minimum absolute atomic E-state index is 0. The molecule has 0 atom stereocenters. The topological polar surface area (TPSA) is 20.3 Å². The van der Waals surface area contributed by atoms with Gasteiger partial charge in [-0.05, 0) is 43.1 Å². The smallest absolute Gasteiger partial charge is 0.153 e. The van der Waals surface area contributed by atoms with E-state index in [0.29, 0.717) is 21.6 Å². The van der Waals surface area contributed by atoms with Gasteiger partial charge in [-0.3, -0.25) is 4.79 Å². The molecule has 6 heteroatoms. The fraction of sp³-hybridized carbons (Fsp3) is 0.409. The van der Waals surface area contributed by atoms with Gasteiger partial charge >= 0.3 is 0 Å². The molecular formula is C22H26Cl3NOS. The predicted molar refractivity (Wildman–Crippen MR) is 124 cm³/mol. The van der Waals surface area contributed by atoms with E-state index in [0.717, 1.165) is 43.7 Å². The lowest BCUT2D eigenvalue weighted by atomic mass is 9.62. The molecule has 0 aliphatic heterocycles. The highest BCUT2D eigenvalue weighted by molar-refractivity contribution is 7.99. The van der Waals surface area contributed by atoms with E-state index in [9.17, 15) is 4.79 Å². The summed E-state index contributed by atoms with van der Waals surface area (Å²) in [5.41, 5.74) is 1.99. The number of thioether (sulfide) groups is 1. The Balaban J connectivity index is 0.00000280. The number of nitrogens with zero attached hydrogens (tertiary/aromatic N) is 1. The van der Waals surface area contributed by atoms with Crippen molar-refractivity contribution in [2.24, 2.45) is 0 Å². The van der Waals surface area contributed by atoms with Gasteiger partial charge in [0.05, 0.1) is 21.2 Å². The Kier molecular flexibility index (Phi) is 9.17. The van der Waals surface area contributed by atoms with Gasteiger partial charge < -0.3 is 4.90 Å². The van der Waals surface area contributed by atoms with Gasteiger partial charge in [-0.15, -0.1) is 12.4 Å². The van der Waals surface area contributed by atoms with Crippen LogP contribution in [0.4, 0.5) is 0 Å². The van der Waals surface area contributed by atoms with Crippen molar-refractivity contribution in [2.75, 3.05) is 25.1 Å². The van der Waals surface area contributed by atoms with Gasteiger partial charge in [-0.1, -0.05) is 66.0 Å². The fourth-order valence-electron chi connectivity index (χ4n) is 3.55. The monoisotopic (exact) mass is 457 g/mol. The van der Waals surface area contributed by atoms with Gasteiger partial charge in [0, 0.05) is 18.8 Å². The Morgan fingerprint density at radius 3 is 2.43 bits per heavy atom. The van der Waals surface area contributed by atoms with Crippen molar-refractivity contribution in [1.82, 2.24) is 4.90 Å². The predicted octanol–water partition coefficient (Wildman–Crippen LogP) is 6.27. The van der Waals surface area contributed by atoms with Crippen LogP contribution in [0, 0.1) is 0 Å². The van der Waals surface area contributed by atoms with Crippen LogP contribution in [0.25, 0.3) is 0 Å². The van der Waals surface area contributed by atoms with E-state index >= 15 is 0 Å². The molecule has 0 radical (unpaired) electrons. The van der Waals surface area contributed by atoms with E-state index in [1.165, 1.54) is 5.56 Å². The summed E-state index contributed by atoms with van der Waals surface area (Å²) in [4.78, 5) is 15.3. The minimum Gasteiger partial charge on any atom is -0.301 e. The van der Waals surface area contributed by atoms with Crippen LogP contribution in [-0.4, -0.2) is 35.8 Å². The first-order chi connectivity index (χ1) is 13.0. The molecule has 2 aromatic carbocycles. The van der Waals surface area contributed by atoms with Crippen LogP contribution in [0.2, 0.25) is 10.0 Å². The van der Waals surface area contributed by atoms with Crippen molar-refractivity contribution in [1.29, 1.82) is 0 Å². The molecule has 0 aromatic heterocycles. The Hall–Kier alpha value is -0.710. The Morgan fingerprint density at radius 2 is 1.82 bits per heavy atom. The number of rotatable bonds is 9. The molecule has 0 spiro atoms. The number of hydrogen-bond acceptors (Lipinski definition) is 3. The first kappa shape index (κ1) is 23.6.